The first kappa shape index (κ1) is 15.0. The van der Waals surface area contributed by atoms with Crippen molar-refractivity contribution in [2.75, 3.05) is 4.81 Å². The van der Waals surface area contributed by atoms with Gasteiger partial charge in [-0.1, -0.05) is 61.5 Å². The van der Waals surface area contributed by atoms with Crippen LogP contribution >= 0.6 is 0 Å². The second-order valence-electron chi connectivity index (χ2n) is 6.70. The first-order valence-corrected chi connectivity index (χ1v) is 8.57. The largest absolute Gasteiger partial charge is 0.420 e. The molecule has 0 aliphatic carbocycles. The van der Waals surface area contributed by atoms with E-state index in [9.17, 15) is 0 Å². The Bertz CT molecular complexity index is 876. The third-order valence-corrected chi connectivity index (χ3v) is 5.17. The van der Waals surface area contributed by atoms with Gasteiger partial charge < -0.3 is 0 Å². The highest BCUT2D eigenvalue weighted by molar-refractivity contribution is 6.80. The van der Waals surface area contributed by atoms with Crippen molar-refractivity contribution in [1.29, 1.82) is 0 Å². The third-order valence-electron chi connectivity index (χ3n) is 5.17. The van der Waals surface area contributed by atoms with E-state index in [0.29, 0.717) is 12.7 Å². The molecule has 0 saturated heterocycles. The standard InChI is InChI=1S/C21H22BN2/c1-16-10-9-13-19-17(2)22(18-11-5-4-6-12-18)24(21(16)19)20-14-7-8-15-23(20)3/h4-15,17H,1-3H3/q+1. The Hall–Kier alpha value is -2.55. The summed E-state index contributed by atoms with van der Waals surface area (Å²) in [5.74, 6) is 1.67. The quantitative estimate of drug-likeness (QED) is 0.519. The fourth-order valence-electron chi connectivity index (χ4n) is 4.02. The highest BCUT2D eigenvalue weighted by Crippen LogP contribution is 2.43. The van der Waals surface area contributed by atoms with Gasteiger partial charge in [-0.15, -0.1) is 0 Å². The average molecular weight is 313 g/mol. The molecule has 1 atom stereocenters. The van der Waals surface area contributed by atoms with E-state index in [1.165, 1.54) is 28.1 Å². The number of hydrogen-bond acceptors (Lipinski definition) is 1. The molecule has 1 aliphatic rings. The number of para-hydroxylation sites is 1. The Morgan fingerprint density at radius 1 is 0.917 bits per heavy atom. The minimum atomic E-state index is 0.316. The predicted molar refractivity (Wildman–Crippen MR) is 101 cm³/mol. The molecule has 2 nitrogen and oxygen atoms in total. The minimum Gasteiger partial charge on any atom is -0.286 e. The summed E-state index contributed by atoms with van der Waals surface area (Å²) in [6.45, 7) is 4.88. The summed E-state index contributed by atoms with van der Waals surface area (Å²) < 4.78 is 2.21. The lowest BCUT2D eigenvalue weighted by Crippen LogP contribution is -2.50. The third kappa shape index (κ3) is 2.23. The summed E-state index contributed by atoms with van der Waals surface area (Å²) in [4.78, 5) is 2.52. The second-order valence-corrected chi connectivity index (χ2v) is 6.70. The smallest absolute Gasteiger partial charge is 0.286 e. The van der Waals surface area contributed by atoms with Gasteiger partial charge in [0.2, 0.25) is 0 Å². The Labute approximate surface area is 144 Å². The van der Waals surface area contributed by atoms with Crippen LogP contribution in [0.4, 0.5) is 11.5 Å². The van der Waals surface area contributed by atoms with Crippen LogP contribution in [0.25, 0.3) is 0 Å². The van der Waals surface area contributed by atoms with Gasteiger partial charge in [0, 0.05) is 11.9 Å². The first-order valence-electron chi connectivity index (χ1n) is 8.57. The van der Waals surface area contributed by atoms with Crippen molar-refractivity contribution in [1.82, 2.24) is 0 Å². The average Bonchev–Trinajstić information content (AvgIpc) is 2.90. The second kappa shape index (κ2) is 5.83. The van der Waals surface area contributed by atoms with Crippen LogP contribution in [0.15, 0.2) is 72.9 Å². The van der Waals surface area contributed by atoms with Crippen molar-refractivity contribution >= 4 is 23.8 Å². The van der Waals surface area contributed by atoms with Crippen molar-refractivity contribution in [2.24, 2.45) is 7.05 Å². The van der Waals surface area contributed by atoms with Crippen molar-refractivity contribution in [3.8, 4) is 0 Å². The van der Waals surface area contributed by atoms with Gasteiger partial charge in [-0.25, -0.2) is 4.57 Å². The number of pyridine rings is 1. The van der Waals surface area contributed by atoms with Gasteiger partial charge in [-0.2, -0.15) is 0 Å². The maximum atomic E-state index is 2.52. The van der Waals surface area contributed by atoms with Crippen LogP contribution in [0.1, 0.15) is 23.9 Å². The van der Waals surface area contributed by atoms with E-state index in [1.807, 2.05) is 0 Å². The molecule has 1 unspecified atom stereocenters. The normalized spacial score (nSPS) is 16.4. The molecular formula is C21H22BN2+. The molecule has 0 N–H and O–H groups in total. The summed E-state index contributed by atoms with van der Waals surface area (Å²) in [6.07, 6.45) is 2.12. The van der Waals surface area contributed by atoms with Crippen molar-refractivity contribution in [3.63, 3.8) is 0 Å². The molecule has 2 aromatic carbocycles. The van der Waals surface area contributed by atoms with Crippen LogP contribution in [-0.2, 0) is 7.05 Å². The zero-order chi connectivity index (χ0) is 16.7. The van der Waals surface area contributed by atoms with Gasteiger partial charge >= 0.3 is 6.85 Å². The van der Waals surface area contributed by atoms with Gasteiger partial charge in [0.1, 0.15) is 5.69 Å². The summed E-state index contributed by atoms with van der Waals surface area (Å²) in [6, 6.07) is 24.0. The van der Waals surface area contributed by atoms with Crippen LogP contribution in [0, 0.1) is 6.92 Å². The SMILES string of the molecule is Cc1cccc2c1N(c1cccc[n+]1C)B(c1ccccc1)C2C. The molecule has 0 radical (unpaired) electrons. The molecule has 0 amide bonds. The van der Waals surface area contributed by atoms with Crippen LogP contribution < -0.4 is 14.8 Å². The van der Waals surface area contributed by atoms with Gasteiger partial charge in [0.05, 0.1) is 13.2 Å². The fraction of sp³-hybridized carbons (Fsp3) is 0.190. The van der Waals surface area contributed by atoms with E-state index >= 15 is 0 Å². The molecule has 2 heterocycles. The molecule has 118 valence electrons. The summed E-state index contributed by atoms with van der Waals surface area (Å²) >= 11 is 0. The summed E-state index contributed by atoms with van der Waals surface area (Å²) in [5.41, 5.74) is 5.50. The van der Waals surface area contributed by atoms with Crippen LogP contribution in [-0.4, -0.2) is 6.85 Å². The summed E-state index contributed by atoms with van der Waals surface area (Å²) in [5, 5.41) is 0. The zero-order valence-corrected chi connectivity index (χ0v) is 14.5. The van der Waals surface area contributed by atoms with Crippen molar-refractivity contribution in [2.45, 2.75) is 19.7 Å². The molecule has 3 aromatic rings. The molecule has 0 saturated carbocycles. The van der Waals surface area contributed by atoms with Gasteiger partial charge in [0.15, 0.2) is 0 Å². The predicted octanol–water partition coefficient (Wildman–Crippen LogP) is 3.51. The number of aromatic nitrogens is 1. The zero-order valence-electron chi connectivity index (χ0n) is 14.5. The number of fused-ring (bicyclic) bond motifs is 1. The number of rotatable bonds is 2. The highest BCUT2D eigenvalue weighted by Gasteiger charge is 2.49. The summed E-state index contributed by atoms with van der Waals surface area (Å²) in [7, 11) is 2.12. The van der Waals surface area contributed by atoms with Crippen LogP contribution in [0.2, 0.25) is 0 Å². The first-order chi connectivity index (χ1) is 11.7. The Kier molecular flexibility index (Phi) is 3.64. The lowest BCUT2D eigenvalue weighted by molar-refractivity contribution is -0.658. The van der Waals surface area contributed by atoms with E-state index in [4.69, 9.17) is 0 Å². The van der Waals surface area contributed by atoms with Crippen LogP contribution in [0.5, 0.6) is 0 Å². The van der Waals surface area contributed by atoms with Crippen LogP contribution in [0.3, 0.4) is 0 Å². The topological polar surface area (TPSA) is 7.12 Å². The van der Waals surface area contributed by atoms with E-state index in [1.54, 1.807) is 0 Å². The lowest BCUT2D eigenvalue weighted by atomic mass is 9.47. The minimum absolute atomic E-state index is 0.316. The number of anilines is 2. The molecular weight excluding hydrogens is 291 g/mol. The van der Waals surface area contributed by atoms with E-state index in [-0.39, 0.29) is 0 Å². The maximum absolute atomic E-state index is 2.52. The number of aryl methyl sites for hydroxylation is 2. The van der Waals surface area contributed by atoms with Crippen molar-refractivity contribution < 1.29 is 4.57 Å². The molecule has 0 fully saturated rings. The van der Waals surface area contributed by atoms with E-state index < -0.39 is 0 Å². The van der Waals surface area contributed by atoms with Gasteiger partial charge in [0.25, 0.3) is 5.82 Å². The number of nitrogens with zero attached hydrogens (tertiary/aromatic N) is 2. The maximum Gasteiger partial charge on any atom is 0.420 e. The number of hydrogen-bond donors (Lipinski definition) is 0. The molecule has 1 aliphatic heterocycles. The van der Waals surface area contributed by atoms with Crippen molar-refractivity contribution in [3.05, 3.63) is 84.1 Å². The molecule has 0 bridgehead atoms. The molecule has 0 spiro atoms. The lowest BCUT2D eigenvalue weighted by Gasteiger charge is -2.21. The molecule has 4 rings (SSSR count). The van der Waals surface area contributed by atoms with Gasteiger partial charge in [-0.3, -0.25) is 4.81 Å². The highest BCUT2D eigenvalue weighted by atomic mass is 15.2. The van der Waals surface area contributed by atoms with Gasteiger partial charge in [-0.05, 0) is 29.6 Å². The fourth-order valence-corrected chi connectivity index (χ4v) is 4.02. The van der Waals surface area contributed by atoms with E-state index in [0.717, 1.165) is 0 Å². The molecule has 3 heteroatoms. The molecule has 1 aromatic heterocycles. The Morgan fingerprint density at radius 3 is 2.42 bits per heavy atom. The van der Waals surface area contributed by atoms with E-state index in [2.05, 4.69) is 103 Å². The molecule has 24 heavy (non-hydrogen) atoms. The number of benzene rings is 2. The monoisotopic (exact) mass is 313 g/mol. The Balaban J connectivity index is 1.97. The Morgan fingerprint density at radius 2 is 1.67 bits per heavy atom.